The summed E-state index contributed by atoms with van der Waals surface area (Å²) in [6.07, 6.45) is 0. The summed E-state index contributed by atoms with van der Waals surface area (Å²) in [5.74, 6) is 0.662. The number of hydrogen-bond donors (Lipinski definition) is 1. The van der Waals surface area contributed by atoms with Crippen LogP contribution < -0.4 is 0 Å². The first-order chi connectivity index (χ1) is 8.63. The quantitative estimate of drug-likeness (QED) is 0.664. The minimum absolute atomic E-state index is 0.303. The molecule has 0 saturated carbocycles. The third-order valence-electron chi connectivity index (χ3n) is 2.68. The lowest BCUT2D eigenvalue weighted by molar-refractivity contribution is -0.0625. The lowest BCUT2D eigenvalue weighted by atomic mass is 10.2. The van der Waals surface area contributed by atoms with Gasteiger partial charge in [0.25, 0.3) is 0 Å². The number of thioether (sulfide) groups is 1. The summed E-state index contributed by atoms with van der Waals surface area (Å²) in [4.78, 5) is 12.6. The van der Waals surface area contributed by atoms with Crippen molar-refractivity contribution in [3.05, 3.63) is 35.2 Å². The van der Waals surface area contributed by atoms with Crippen LogP contribution in [0.2, 0.25) is 0 Å². The smallest absolute Gasteiger partial charge is 0.285 e. The average molecular weight is 281 g/mol. The minimum atomic E-state index is -0.311. The van der Waals surface area contributed by atoms with Crippen molar-refractivity contribution in [1.29, 1.82) is 0 Å². The zero-order chi connectivity index (χ0) is 13.1. The lowest BCUT2D eigenvalue weighted by Crippen LogP contribution is -2.26. The summed E-state index contributed by atoms with van der Waals surface area (Å²) >= 11 is 2.72. The van der Waals surface area contributed by atoms with Crippen LogP contribution >= 0.6 is 23.1 Å². The number of rotatable bonds is 3. The van der Waals surface area contributed by atoms with Gasteiger partial charge in [0.2, 0.25) is 0 Å². The number of hydrogen-bond acceptors (Lipinski definition) is 4. The normalized spacial score (nSPS) is 12.6. The van der Waals surface area contributed by atoms with E-state index in [1.165, 1.54) is 4.70 Å². The molecule has 1 aromatic heterocycles. The molecule has 0 radical (unpaired) electrons. The standard InChI is InChI=1S/C13H15NO2S2/c1-3-17-13(15)14(16)9(2)12-8-10-6-4-5-7-11(10)18-12/h4-9,16H,3H2,1-2H3. The van der Waals surface area contributed by atoms with Crippen LogP contribution in [0.25, 0.3) is 10.1 Å². The molecule has 1 aromatic carbocycles. The zero-order valence-corrected chi connectivity index (χ0v) is 11.9. The van der Waals surface area contributed by atoms with Crippen molar-refractivity contribution in [1.82, 2.24) is 5.06 Å². The number of amides is 1. The first-order valence-corrected chi connectivity index (χ1v) is 7.57. The van der Waals surface area contributed by atoms with Crippen LogP contribution in [-0.2, 0) is 0 Å². The summed E-state index contributed by atoms with van der Waals surface area (Å²) in [7, 11) is 0. The molecule has 1 atom stereocenters. The Morgan fingerprint density at radius 1 is 1.50 bits per heavy atom. The van der Waals surface area contributed by atoms with Crippen LogP contribution in [0.1, 0.15) is 24.8 Å². The van der Waals surface area contributed by atoms with Crippen molar-refractivity contribution in [2.24, 2.45) is 0 Å². The van der Waals surface area contributed by atoms with Gasteiger partial charge in [-0.3, -0.25) is 10.0 Å². The highest BCUT2D eigenvalue weighted by Crippen LogP contribution is 2.32. The van der Waals surface area contributed by atoms with Crippen molar-refractivity contribution in [2.45, 2.75) is 19.9 Å². The Kier molecular flexibility index (Phi) is 4.27. The predicted octanol–water partition coefficient (Wildman–Crippen LogP) is 4.53. The summed E-state index contributed by atoms with van der Waals surface area (Å²) in [6, 6.07) is 9.76. The summed E-state index contributed by atoms with van der Waals surface area (Å²) in [5, 5.41) is 11.5. The molecule has 1 unspecified atom stereocenters. The minimum Gasteiger partial charge on any atom is -0.285 e. The van der Waals surface area contributed by atoms with Gasteiger partial charge >= 0.3 is 5.24 Å². The number of nitrogens with zero attached hydrogens (tertiary/aromatic N) is 1. The summed E-state index contributed by atoms with van der Waals surface area (Å²) in [5.41, 5.74) is 0. The number of benzene rings is 1. The van der Waals surface area contributed by atoms with Crippen LogP contribution in [0.4, 0.5) is 4.79 Å². The third kappa shape index (κ3) is 2.68. The van der Waals surface area contributed by atoms with Crippen LogP contribution in [0.15, 0.2) is 30.3 Å². The second-order valence-electron chi connectivity index (χ2n) is 3.91. The van der Waals surface area contributed by atoms with E-state index in [0.717, 1.165) is 27.1 Å². The number of thiophene rings is 1. The molecule has 2 aromatic rings. The van der Waals surface area contributed by atoms with Crippen molar-refractivity contribution >= 4 is 38.4 Å². The molecule has 1 N–H and O–H groups in total. The Hall–Kier alpha value is -1.04. The molecule has 5 heteroatoms. The molecule has 0 spiro atoms. The first kappa shape index (κ1) is 13.4. The van der Waals surface area contributed by atoms with Gasteiger partial charge in [-0.15, -0.1) is 11.3 Å². The fourth-order valence-corrected chi connectivity index (χ4v) is 3.32. The van der Waals surface area contributed by atoms with Gasteiger partial charge in [-0.05, 0) is 30.2 Å². The molecule has 0 aliphatic rings. The Morgan fingerprint density at radius 3 is 2.89 bits per heavy atom. The van der Waals surface area contributed by atoms with Gasteiger partial charge in [0.15, 0.2) is 0 Å². The fourth-order valence-electron chi connectivity index (χ4n) is 1.68. The highest BCUT2D eigenvalue weighted by atomic mass is 32.2. The molecule has 0 saturated heterocycles. The van der Waals surface area contributed by atoms with Gasteiger partial charge in [-0.2, -0.15) is 0 Å². The molecule has 1 heterocycles. The molecule has 0 fully saturated rings. The predicted molar refractivity (Wildman–Crippen MR) is 77.4 cm³/mol. The SMILES string of the molecule is CCSC(=O)N(O)C(C)c1cc2ccccc2s1. The molecule has 0 aliphatic carbocycles. The molecule has 18 heavy (non-hydrogen) atoms. The van der Waals surface area contributed by atoms with E-state index in [2.05, 4.69) is 0 Å². The fraction of sp³-hybridized carbons (Fsp3) is 0.308. The van der Waals surface area contributed by atoms with Crippen molar-refractivity contribution in [3.8, 4) is 0 Å². The van der Waals surface area contributed by atoms with Crippen molar-refractivity contribution in [3.63, 3.8) is 0 Å². The van der Waals surface area contributed by atoms with Gasteiger partial charge in [0, 0.05) is 9.58 Å². The summed E-state index contributed by atoms with van der Waals surface area (Å²) < 4.78 is 1.17. The Labute approximate surface area is 114 Å². The molecule has 3 nitrogen and oxygen atoms in total. The van der Waals surface area contributed by atoms with Gasteiger partial charge < -0.3 is 0 Å². The molecule has 2 rings (SSSR count). The molecule has 0 bridgehead atoms. The van der Waals surface area contributed by atoms with Crippen LogP contribution in [0.3, 0.4) is 0 Å². The van der Waals surface area contributed by atoms with Crippen molar-refractivity contribution < 1.29 is 10.0 Å². The summed E-state index contributed by atoms with van der Waals surface area (Å²) in [6.45, 7) is 3.72. The van der Waals surface area contributed by atoms with Crippen LogP contribution in [0, 0.1) is 0 Å². The Bertz CT molecular complexity index is 520. The molecular weight excluding hydrogens is 266 g/mol. The van der Waals surface area contributed by atoms with E-state index in [1.54, 1.807) is 11.3 Å². The number of fused-ring (bicyclic) bond motifs is 1. The second-order valence-corrected chi connectivity index (χ2v) is 6.24. The van der Waals surface area contributed by atoms with Gasteiger partial charge in [-0.1, -0.05) is 36.9 Å². The number of hydroxylamine groups is 2. The first-order valence-electron chi connectivity index (χ1n) is 5.76. The molecule has 0 aliphatic heterocycles. The van der Waals surface area contributed by atoms with Crippen molar-refractivity contribution in [2.75, 3.05) is 5.75 Å². The third-order valence-corrected chi connectivity index (χ3v) is 4.69. The van der Waals surface area contributed by atoms with E-state index in [4.69, 9.17) is 0 Å². The van der Waals surface area contributed by atoms with E-state index in [1.807, 2.05) is 44.2 Å². The monoisotopic (exact) mass is 281 g/mol. The van der Waals surface area contributed by atoms with E-state index < -0.39 is 0 Å². The van der Waals surface area contributed by atoms with Gasteiger partial charge in [0.1, 0.15) is 0 Å². The Morgan fingerprint density at radius 2 is 2.22 bits per heavy atom. The highest BCUT2D eigenvalue weighted by molar-refractivity contribution is 8.13. The van der Waals surface area contributed by atoms with E-state index in [0.29, 0.717) is 5.75 Å². The van der Waals surface area contributed by atoms with Crippen LogP contribution in [-0.4, -0.2) is 21.3 Å². The molecule has 96 valence electrons. The van der Waals surface area contributed by atoms with E-state index >= 15 is 0 Å². The zero-order valence-electron chi connectivity index (χ0n) is 10.3. The number of carbonyl (C=O) groups excluding carboxylic acids is 1. The average Bonchev–Trinajstić information content (AvgIpc) is 2.81. The largest absolute Gasteiger partial charge is 0.305 e. The highest BCUT2D eigenvalue weighted by Gasteiger charge is 2.21. The van der Waals surface area contributed by atoms with E-state index in [-0.39, 0.29) is 11.3 Å². The maximum Gasteiger partial charge on any atom is 0.305 e. The van der Waals surface area contributed by atoms with Gasteiger partial charge in [-0.25, -0.2) is 5.06 Å². The molecule has 1 amide bonds. The van der Waals surface area contributed by atoms with Gasteiger partial charge in [0.05, 0.1) is 6.04 Å². The lowest BCUT2D eigenvalue weighted by Gasteiger charge is -2.20. The van der Waals surface area contributed by atoms with E-state index in [9.17, 15) is 10.0 Å². The maximum absolute atomic E-state index is 11.6. The Balaban J connectivity index is 2.22. The maximum atomic E-state index is 11.6. The second kappa shape index (κ2) is 5.73. The number of carbonyl (C=O) groups is 1. The van der Waals surface area contributed by atoms with Crippen LogP contribution in [0.5, 0.6) is 0 Å². The molecular formula is C13H15NO2S2. The topological polar surface area (TPSA) is 40.5 Å².